The number of phenols is 1. The van der Waals surface area contributed by atoms with Crippen molar-refractivity contribution in [1.82, 2.24) is 5.32 Å². The summed E-state index contributed by atoms with van der Waals surface area (Å²) in [6.45, 7) is 0.166. The lowest BCUT2D eigenvalue weighted by molar-refractivity contribution is -0.145. The molecule has 4 N–H and O–H groups in total. The molecule has 0 fully saturated rings. The quantitative estimate of drug-likeness (QED) is 0.578. The van der Waals surface area contributed by atoms with Crippen molar-refractivity contribution in [1.29, 1.82) is 0 Å². The minimum absolute atomic E-state index is 0.163. The molecule has 7 heteroatoms. The van der Waals surface area contributed by atoms with Gasteiger partial charge in [-0.25, -0.2) is 0 Å². The number of amides is 1. The van der Waals surface area contributed by atoms with E-state index in [1.807, 2.05) is 6.26 Å². The first-order valence-corrected chi connectivity index (χ1v) is 8.75. The third kappa shape index (κ3) is 6.92. The molecule has 2 unspecified atom stereocenters. The van der Waals surface area contributed by atoms with Crippen molar-refractivity contribution in [2.75, 3.05) is 25.7 Å². The number of aromatic hydroxyl groups is 1. The second-order valence-electron chi connectivity index (χ2n) is 5.22. The maximum absolute atomic E-state index is 11.9. The van der Waals surface area contributed by atoms with Gasteiger partial charge in [-0.1, -0.05) is 12.1 Å². The second-order valence-corrected chi connectivity index (χ2v) is 6.21. The van der Waals surface area contributed by atoms with Crippen LogP contribution in [0.4, 0.5) is 0 Å². The lowest BCUT2D eigenvalue weighted by atomic mass is 9.99. The Morgan fingerprint density at radius 3 is 2.57 bits per heavy atom. The number of hydrogen-bond donors (Lipinski definition) is 3. The number of methoxy groups -OCH3 is 1. The minimum atomic E-state index is -0.575. The Hall–Kier alpha value is -1.73. The summed E-state index contributed by atoms with van der Waals surface area (Å²) in [4.78, 5) is 23.8. The van der Waals surface area contributed by atoms with Gasteiger partial charge in [0.1, 0.15) is 5.75 Å². The summed E-state index contributed by atoms with van der Waals surface area (Å²) >= 11 is 1.63. The number of benzene rings is 1. The lowest BCUT2D eigenvalue weighted by Gasteiger charge is -2.17. The van der Waals surface area contributed by atoms with E-state index in [4.69, 9.17) is 10.5 Å². The van der Waals surface area contributed by atoms with E-state index in [0.717, 1.165) is 11.3 Å². The van der Waals surface area contributed by atoms with Gasteiger partial charge in [-0.15, -0.1) is 0 Å². The monoisotopic (exact) mass is 340 g/mol. The summed E-state index contributed by atoms with van der Waals surface area (Å²) in [5.74, 6) is -0.185. The summed E-state index contributed by atoms with van der Waals surface area (Å²) in [7, 11) is 1.32. The van der Waals surface area contributed by atoms with Crippen LogP contribution in [-0.2, 0) is 20.7 Å². The highest BCUT2D eigenvalue weighted by molar-refractivity contribution is 7.98. The number of ether oxygens (including phenoxy) is 1. The van der Waals surface area contributed by atoms with E-state index in [2.05, 4.69) is 5.32 Å². The highest BCUT2D eigenvalue weighted by Crippen LogP contribution is 2.14. The average Bonchev–Trinajstić information content (AvgIpc) is 2.56. The number of thioether (sulfide) groups is 1. The largest absolute Gasteiger partial charge is 0.508 e. The van der Waals surface area contributed by atoms with Crippen molar-refractivity contribution in [3.05, 3.63) is 29.8 Å². The van der Waals surface area contributed by atoms with Gasteiger partial charge in [0.15, 0.2) is 0 Å². The molecule has 6 nitrogen and oxygen atoms in total. The molecule has 0 saturated carbocycles. The molecule has 0 aromatic heterocycles. The van der Waals surface area contributed by atoms with Crippen molar-refractivity contribution in [2.45, 2.75) is 18.9 Å². The third-order valence-electron chi connectivity index (χ3n) is 3.45. The highest BCUT2D eigenvalue weighted by atomic mass is 32.2. The normalized spacial score (nSPS) is 13.2. The van der Waals surface area contributed by atoms with Gasteiger partial charge in [-0.3, -0.25) is 9.59 Å². The molecule has 1 amide bonds. The summed E-state index contributed by atoms with van der Waals surface area (Å²) in [6, 6.07) is 6.00. The van der Waals surface area contributed by atoms with Gasteiger partial charge < -0.3 is 20.9 Å². The molecule has 0 aliphatic rings. The molecule has 0 radical (unpaired) electrons. The Labute approximate surface area is 140 Å². The first-order valence-electron chi connectivity index (χ1n) is 7.36. The van der Waals surface area contributed by atoms with Crippen molar-refractivity contribution in [3.63, 3.8) is 0 Å². The molecular weight excluding hydrogens is 316 g/mol. The number of hydrogen-bond acceptors (Lipinski definition) is 6. The topological polar surface area (TPSA) is 102 Å². The van der Waals surface area contributed by atoms with Crippen LogP contribution in [0.5, 0.6) is 5.75 Å². The van der Waals surface area contributed by atoms with Crippen LogP contribution in [0, 0.1) is 5.92 Å². The molecule has 1 rings (SSSR count). The Morgan fingerprint density at radius 2 is 2.00 bits per heavy atom. The molecule has 1 aromatic rings. The smallest absolute Gasteiger partial charge is 0.310 e. The predicted octanol–water partition coefficient (Wildman–Crippen LogP) is 0.920. The van der Waals surface area contributed by atoms with Crippen LogP contribution in [0.15, 0.2) is 24.3 Å². The predicted molar refractivity (Wildman–Crippen MR) is 91.3 cm³/mol. The molecule has 128 valence electrons. The van der Waals surface area contributed by atoms with E-state index in [9.17, 15) is 14.7 Å². The van der Waals surface area contributed by atoms with Gasteiger partial charge in [-0.2, -0.15) is 11.8 Å². The molecule has 2 atom stereocenters. The summed E-state index contributed by atoms with van der Waals surface area (Å²) in [5.41, 5.74) is 6.67. The van der Waals surface area contributed by atoms with Crippen LogP contribution in [-0.4, -0.2) is 48.7 Å². The number of rotatable bonds is 9. The fourth-order valence-corrected chi connectivity index (χ4v) is 2.54. The number of esters is 1. The SMILES string of the molecule is COC(=O)C(CNC(=O)C(N)CCSC)Cc1ccc(O)cc1. The van der Waals surface area contributed by atoms with Crippen molar-refractivity contribution in [2.24, 2.45) is 11.7 Å². The molecular formula is C16H24N2O4S. The first-order chi connectivity index (χ1) is 11.0. The summed E-state index contributed by atoms with van der Waals surface area (Å²) in [5, 5.41) is 12.0. The van der Waals surface area contributed by atoms with Crippen LogP contribution >= 0.6 is 11.8 Å². The Balaban J connectivity index is 2.59. The zero-order chi connectivity index (χ0) is 17.2. The lowest BCUT2D eigenvalue weighted by Crippen LogP contribution is -2.44. The van der Waals surface area contributed by atoms with E-state index in [-0.39, 0.29) is 18.2 Å². The number of nitrogens with two attached hydrogens (primary N) is 1. The van der Waals surface area contributed by atoms with E-state index in [1.54, 1.807) is 36.0 Å². The molecule has 0 heterocycles. The Bertz CT molecular complexity index is 507. The van der Waals surface area contributed by atoms with Crippen molar-refractivity contribution < 1.29 is 19.4 Å². The zero-order valence-electron chi connectivity index (χ0n) is 13.5. The van der Waals surface area contributed by atoms with Gasteiger partial charge in [-0.05, 0) is 42.5 Å². The number of phenolic OH excluding ortho intramolecular Hbond substituents is 1. The first kappa shape index (κ1) is 19.3. The Morgan fingerprint density at radius 1 is 1.35 bits per heavy atom. The molecule has 0 spiro atoms. The standard InChI is InChI=1S/C16H24N2O4S/c1-22-16(21)12(9-11-3-5-13(19)6-4-11)10-18-15(20)14(17)7-8-23-2/h3-6,12,14,19H,7-10,17H2,1-2H3,(H,18,20). The highest BCUT2D eigenvalue weighted by Gasteiger charge is 2.22. The molecule has 0 bridgehead atoms. The van der Waals surface area contributed by atoms with E-state index in [0.29, 0.717) is 12.8 Å². The van der Waals surface area contributed by atoms with Crippen LogP contribution in [0.1, 0.15) is 12.0 Å². The number of carbonyl (C=O) groups excluding carboxylic acids is 2. The molecule has 0 aliphatic carbocycles. The van der Waals surface area contributed by atoms with Crippen LogP contribution < -0.4 is 11.1 Å². The maximum Gasteiger partial charge on any atom is 0.310 e. The van der Waals surface area contributed by atoms with Gasteiger partial charge in [0.2, 0.25) is 5.91 Å². The average molecular weight is 340 g/mol. The van der Waals surface area contributed by atoms with E-state index >= 15 is 0 Å². The van der Waals surface area contributed by atoms with Crippen molar-refractivity contribution >= 4 is 23.6 Å². The van der Waals surface area contributed by atoms with Gasteiger partial charge in [0.05, 0.1) is 19.1 Å². The van der Waals surface area contributed by atoms with E-state index < -0.39 is 17.9 Å². The fourth-order valence-electron chi connectivity index (χ4n) is 2.05. The third-order valence-corrected chi connectivity index (χ3v) is 4.09. The van der Waals surface area contributed by atoms with Crippen LogP contribution in [0.3, 0.4) is 0 Å². The van der Waals surface area contributed by atoms with E-state index in [1.165, 1.54) is 7.11 Å². The second kappa shape index (κ2) is 10.1. The Kier molecular flexibility index (Phi) is 8.50. The van der Waals surface area contributed by atoms with Gasteiger partial charge in [0, 0.05) is 6.54 Å². The van der Waals surface area contributed by atoms with Gasteiger partial charge in [0.25, 0.3) is 0 Å². The van der Waals surface area contributed by atoms with Crippen LogP contribution in [0.25, 0.3) is 0 Å². The maximum atomic E-state index is 11.9. The molecule has 1 aromatic carbocycles. The molecule has 23 heavy (non-hydrogen) atoms. The molecule has 0 saturated heterocycles. The number of nitrogens with one attached hydrogen (secondary N) is 1. The molecule has 0 aliphatic heterocycles. The zero-order valence-corrected chi connectivity index (χ0v) is 14.3. The number of carbonyl (C=O) groups is 2. The van der Waals surface area contributed by atoms with Gasteiger partial charge >= 0.3 is 5.97 Å². The summed E-state index contributed by atoms with van der Waals surface area (Å²) < 4.78 is 4.79. The van der Waals surface area contributed by atoms with Crippen molar-refractivity contribution in [3.8, 4) is 5.75 Å². The fraction of sp³-hybridized carbons (Fsp3) is 0.500. The minimum Gasteiger partial charge on any atom is -0.508 e. The van der Waals surface area contributed by atoms with Crippen LogP contribution in [0.2, 0.25) is 0 Å². The summed E-state index contributed by atoms with van der Waals surface area (Å²) in [6.07, 6.45) is 2.96.